The molecule has 37 heteroatoms. The first kappa shape index (κ1) is 104. The van der Waals surface area contributed by atoms with Crippen LogP contribution in [-0.2, 0) is 43.6 Å². The van der Waals surface area contributed by atoms with Gasteiger partial charge in [0.1, 0.15) is 60.2 Å². The summed E-state index contributed by atoms with van der Waals surface area (Å²) in [5.41, 5.74) is 18.2. The number of fused-ring (bicyclic) bond motifs is 1. The number of aromatic nitrogens is 8. The topological polar surface area (TPSA) is 431 Å². The zero-order chi connectivity index (χ0) is 102. The maximum absolute atomic E-state index is 11.7. The van der Waals surface area contributed by atoms with Crippen LogP contribution in [0.25, 0.3) is 0 Å². The molecule has 4 fully saturated rings. The van der Waals surface area contributed by atoms with Crippen LogP contribution in [0.3, 0.4) is 0 Å². The van der Waals surface area contributed by atoms with E-state index in [0.29, 0.717) is 130 Å². The summed E-state index contributed by atoms with van der Waals surface area (Å²) in [6.45, 7) is 40.6. The summed E-state index contributed by atoms with van der Waals surface area (Å²) in [5.74, 6) is 7.25. The molecule has 35 nitrogen and oxygen atoms in total. The molecule has 8 aromatic carbocycles. The predicted molar refractivity (Wildman–Crippen MR) is 570 cm³/mol. The van der Waals surface area contributed by atoms with Crippen molar-refractivity contribution in [1.29, 1.82) is 0 Å². The largest absolute Gasteiger partial charge is 0.494 e. The fraction of sp³-hybridized carbons (Fsp3) is 0.264. The molecule has 12 N–H and O–H groups in total. The van der Waals surface area contributed by atoms with Crippen molar-refractivity contribution in [3.8, 4) is 17.2 Å². The number of hydrogen-bond donors (Lipinski definition) is 12. The van der Waals surface area contributed by atoms with Crippen LogP contribution >= 0.6 is 0 Å². The zero-order valence-electron chi connectivity index (χ0n) is 81.7. The summed E-state index contributed by atoms with van der Waals surface area (Å²) < 4.78 is 67.6. The van der Waals surface area contributed by atoms with Gasteiger partial charge < -0.3 is 92.5 Å². The highest BCUT2D eigenvalue weighted by atomic mass is 32.2. The monoisotopic (exact) mass is 1970 g/mol. The number of para-hydroxylation sites is 2. The van der Waals surface area contributed by atoms with Gasteiger partial charge in [-0.15, -0.1) is 0 Å². The maximum atomic E-state index is 11.7. The minimum Gasteiger partial charge on any atom is -0.494 e. The zero-order valence-corrected chi connectivity index (χ0v) is 83.4. The second kappa shape index (κ2) is 49.1. The third kappa shape index (κ3) is 30.9. The minimum atomic E-state index is -3.03. The molecule has 0 unspecified atom stereocenters. The van der Waals surface area contributed by atoms with E-state index in [2.05, 4.69) is 190 Å². The lowest BCUT2D eigenvalue weighted by atomic mass is 9.88. The van der Waals surface area contributed by atoms with Crippen molar-refractivity contribution in [2.75, 3.05) is 166 Å². The Hall–Kier alpha value is -16.1. The van der Waals surface area contributed by atoms with Crippen molar-refractivity contribution in [2.45, 2.75) is 73.3 Å². The third-order valence-electron chi connectivity index (χ3n) is 23.5. The van der Waals surface area contributed by atoms with Gasteiger partial charge in [0.25, 0.3) is 0 Å². The van der Waals surface area contributed by atoms with Gasteiger partial charge in [-0.25, -0.2) is 36.8 Å². The molecule has 4 amide bonds. The van der Waals surface area contributed by atoms with Crippen molar-refractivity contribution >= 4 is 164 Å². The number of benzene rings is 8. The van der Waals surface area contributed by atoms with Crippen molar-refractivity contribution in [2.24, 2.45) is 11.8 Å². The number of hydrogen-bond acceptors (Lipinski definition) is 31. The molecule has 0 spiro atoms. The SMILES string of the molecule is C=CC(=O)Nc1cccc(Nc2nc(Nc3ccc(C4CN(C5COC5)C4)cc3C)ncc2C)c1.C=CC(=O)Nc1cccc(Nc2nc(Nc3ccc(N4C[C@H]5CN(C(=C)C)C[C@H]5C4)cc3OC)ncc2C)c1.C=CC(=O)Nc1cccc(Nc2nc(Nc3ccc(OCCCS(C)(=O)=O)cc3C)ncc2C)c1.C=CC(=O)Nc1cccc(Nc2nc(Nc3ccccc3OCCCS(C)(=O)=O)ncc2C)c1. The van der Waals surface area contributed by atoms with Gasteiger partial charge in [0.05, 0.1) is 62.5 Å². The number of carbonyl (C=O) groups is 4. The lowest BCUT2D eigenvalue weighted by Gasteiger charge is -2.47. The minimum absolute atomic E-state index is 0.0666. The Bertz CT molecular complexity index is 6870. The average Bonchev–Trinajstić information content (AvgIpc) is 1.74. The van der Waals surface area contributed by atoms with E-state index >= 15 is 0 Å². The summed E-state index contributed by atoms with van der Waals surface area (Å²) in [4.78, 5) is 89.9. The lowest BCUT2D eigenvalue weighted by molar-refractivity contribution is -0.112. The Kier molecular flexibility index (Phi) is 35.8. The van der Waals surface area contributed by atoms with E-state index in [4.69, 9.17) is 23.9 Å². The van der Waals surface area contributed by atoms with Gasteiger partial charge in [0.2, 0.25) is 47.4 Å². The van der Waals surface area contributed by atoms with Crippen LogP contribution in [0.1, 0.15) is 64.6 Å². The van der Waals surface area contributed by atoms with E-state index in [-0.39, 0.29) is 41.7 Å². The van der Waals surface area contributed by atoms with E-state index < -0.39 is 19.7 Å². The Morgan fingerprint density at radius 2 is 0.783 bits per heavy atom. The quantitative estimate of drug-likeness (QED) is 0.0126. The molecule has 2 atom stereocenters. The van der Waals surface area contributed by atoms with Crippen LogP contribution < -0.4 is 82.9 Å². The number of likely N-dealkylation sites (tertiary alicyclic amines) is 2. The number of carbonyl (C=O) groups excluding carboxylic acids is 4. The van der Waals surface area contributed by atoms with Gasteiger partial charge in [0.15, 0.2) is 0 Å². The summed E-state index contributed by atoms with van der Waals surface area (Å²) >= 11 is 0. The maximum Gasteiger partial charge on any atom is 0.247 e. The normalized spacial score (nSPS) is 14.1. The molecule has 0 saturated carbocycles. The lowest BCUT2D eigenvalue weighted by Crippen LogP contribution is -2.58. The van der Waals surface area contributed by atoms with Gasteiger partial charge in [0, 0.05) is 191 Å². The first-order chi connectivity index (χ1) is 68.7. The Labute approximate surface area is 834 Å². The smallest absolute Gasteiger partial charge is 0.247 e. The van der Waals surface area contributed by atoms with Gasteiger partial charge in [-0.1, -0.05) is 81.4 Å². The predicted octanol–water partition coefficient (Wildman–Crippen LogP) is 18.5. The molecular formula is C106H121N23O12S2. The van der Waals surface area contributed by atoms with Crippen LogP contribution in [0, 0.1) is 53.4 Å². The van der Waals surface area contributed by atoms with Gasteiger partial charge in [-0.3, -0.25) is 24.1 Å². The first-order valence-corrected chi connectivity index (χ1v) is 50.5. The number of ether oxygens (including phenoxy) is 4. The number of allylic oxidation sites excluding steroid dienone is 1. The van der Waals surface area contributed by atoms with E-state index in [1.807, 2.05) is 150 Å². The molecule has 0 radical (unpaired) electrons. The second-order valence-corrected chi connectivity index (χ2v) is 39.5. The van der Waals surface area contributed by atoms with E-state index in [0.717, 1.165) is 143 Å². The third-order valence-corrected chi connectivity index (χ3v) is 25.5. The molecule has 143 heavy (non-hydrogen) atoms. The van der Waals surface area contributed by atoms with Crippen LogP contribution in [0.4, 0.5) is 121 Å². The Morgan fingerprint density at radius 1 is 0.413 bits per heavy atom. The van der Waals surface area contributed by atoms with E-state index in [9.17, 15) is 36.0 Å². The first-order valence-electron chi connectivity index (χ1n) is 46.4. The number of rotatable bonds is 39. The molecular weight excluding hydrogens is 1850 g/mol. The number of sulfone groups is 2. The fourth-order valence-electron chi connectivity index (χ4n) is 15.6. The molecule has 4 saturated heterocycles. The molecule has 16 rings (SSSR count). The summed E-state index contributed by atoms with van der Waals surface area (Å²) in [5, 5.41) is 37.2. The number of anilines is 21. The van der Waals surface area contributed by atoms with Crippen LogP contribution in [0.2, 0.25) is 0 Å². The number of nitrogens with one attached hydrogen (secondary N) is 12. The van der Waals surface area contributed by atoms with Crippen molar-refractivity contribution in [1.82, 2.24) is 49.7 Å². The number of nitrogens with zero attached hydrogens (tertiary/aromatic N) is 11. The highest BCUT2D eigenvalue weighted by Crippen LogP contribution is 2.41. The highest BCUT2D eigenvalue weighted by Gasteiger charge is 2.41. The second-order valence-electron chi connectivity index (χ2n) is 35.0. The van der Waals surface area contributed by atoms with Crippen molar-refractivity contribution in [3.63, 3.8) is 0 Å². The summed E-state index contributed by atoms with van der Waals surface area (Å²) in [6.07, 6.45) is 15.1. The van der Waals surface area contributed by atoms with Gasteiger partial charge in [-0.05, 0) is 224 Å². The standard InChI is InChI=1S/C30H35N7O2.C27H30N6O2.C25H29N5O4S.C24H27N5O4S/c1-6-28(38)32-23-8-7-9-24(12-23)33-29-20(4)14-31-30(35-29)34-26-11-10-25(13-27(26)39-5)37-17-21-15-36(19(2)3)16-22(21)18-37;1-4-25(34)29-21-6-5-7-22(11-21)30-26-18(3)12-28-27(32-26)31-24-9-8-19(10-17(24)2)20-13-33(14-20)23-15-35-16-23;1-5-23(31)27-19-8-6-9-20(15-19)28-24-18(3)16-26-25(30-24)29-22-11-10-21(14-17(22)2)34-12-7-13-35(4,32)33;1-4-22(30)26-18-9-7-10-19(15-18)27-23-17(2)16-25-24(29-23)28-20-11-5-6-12-21(20)33-13-8-14-34(3,31)32/h6-14,21-22H,1-2,15-18H2,3-5H3,(H,32,38)(H2,31,33,34,35);4-12,20,23H,1,13-16H2,2-3H3,(H,29,34)(H2,28,30,31,32);5-6,8-11,14-16H,1,7,12-13H2,2-4H3,(H,27,31)(H2,26,28,29,30);4-7,9-12,15-16H,1,8,13-14H2,2-3H3,(H,26,30)(H2,25,27,28,29)/t21-,22+;;;. The molecule has 12 aromatic rings. The molecule has 0 bridgehead atoms. The Balaban J connectivity index is 0.000000160. The molecule has 0 aliphatic carbocycles. The van der Waals surface area contributed by atoms with Crippen molar-refractivity contribution in [3.05, 3.63) is 303 Å². The molecule has 744 valence electrons. The average molecular weight is 1970 g/mol. The van der Waals surface area contributed by atoms with E-state index in [1.54, 1.807) is 62.2 Å². The molecule has 4 aliphatic rings. The van der Waals surface area contributed by atoms with Crippen molar-refractivity contribution < 1.29 is 55.0 Å². The highest BCUT2D eigenvalue weighted by molar-refractivity contribution is 7.90. The fourth-order valence-corrected chi connectivity index (χ4v) is 16.9. The number of amides is 4. The Morgan fingerprint density at radius 3 is 1.15 bits per heavy atom. The van der Waals surface area contributed by atoms with Gasteiger partial charge >= 0.3 is 0 Å². The molecule has 8 heterocycles. The molecule has 4 aliphatic heterocycles. The summed E-state index contributed by atoms with van der Waals surface area (Å²) in [7, 11) is -4.35. The van der Waals surface area contributed by atoms with Crippen LogP contribution in [0.5, 0.6) is 17.2 Å². The summed E-state index contributed by atoms with van der Waals surface area (Å²) in [6, 6.07) is 55.6. The van der Waals surface area contributed by atoms with Gasteiger partial charge in [-0.2, -0.15) is 19.9 Å². The number of methoxy groups -OCH3 is 1. The van der Waals surface area contributed by atoms with E-state index in [1.165, 1.54) is 42.4 Å². The number of aryl methyl sites for hydroxylation is 6. The molecule has 4 aromatic heterocycles. The van der Waals surface area contributed by atoms with Crippen LogP contribution in [-0.4, -0.2) is 193 Å². The van der Waals surface area contributed by atoms with Crippen LogP contribution in [0.15, 0.2) is 264 Å².